The van der Waals surface area contributed by atoms with Crippen molar-refractivity contribution >= 4 is 17.5 Å². The van der Waals surface area contributed by atoms with Crippen molar-refractivity contribution in [1.29, 1.82) is 0 Å². The number of hydrogen-bond donors (Lipinski definition) is 2. The largest absolute Gasteiger partial charge is 0.471 e. The van der Waals surface area contributed by atoms with E-state index < -0.39 is 0 Å². The first-order valence-electron chi connectivity index (χ1n) is 9.30. The zero-order chi connectivity index (χ0) is 21.3. The molecular formula is C20H21ClN4O5. The minimum atomic E-state index is -0.367. The SMILES string of the molecule is Cn1nc(OCc2c(-c3ccc(Cl)cc3)noc2CO)cc1C(=O)NC1(C)COC1. The molecule has 158 valence electrons. The highest BCUT2D eigenvalue weighted by atomic mass is 35.5. The molecule has 30 heavy (non-hydrogen) atoms. The van der Waals surface area contributed by atoms with Gasteiger partial charge in [-0.1, -0.05) is 28.9 Å². The topological polar surface area (TPSA) is 112 Å². The van der Waals surface area contributed by atoms with E-state index in [1.807, 2.05) is 6.92 Å². The predicted molar refractivity (Wildman–Crippen MR) is 107 cm³/mol. The predicted octanol–water partition coefficient (Wildman–Crippen LogP) is 2.32. The minimum absolute atomic E-state index is 0.0565. The molecule has 0 unspecified atom stereocenters. The Bertz CT molecular complexity index is 1060. The van der Waals surface area contributed by atoms with Crippen molar-refractivity contribution in [1.82, 2.24) is 20.3 Å². The number of amides is 1. The maximum absolute atomic E-state index is 12.5. The first-order chi connectivity index (χ1) is 14.4. The summed E-state index contributed by atoms with van der Waals surface area (Å²) < 4.78 is 17.6. The van der Waals surface area contributed by atoms with Gasteiger partial charge in [0.1, 0.15) is 24.6 Å². The van der Waals surface area contributed by atoms with E-state index in [9.17, 15) is 9.90 Å². The van der Waals surface area contributed by atoms with E-state index in [0.29, 0.717) is 40.9 Å². The van der Waals surface area contributed by atoms with Crippen LogP contribution < -0.4 is 10.1 Å². The summed E-state index contributed by atoms with van der Waals surface area (Å²) in [6.07, 6.45) is 0. The molecule has 1 saturated heterocycles. The molecule has 10 heteroatoms. The quantitative estimate of drug-likeness (QED) is 0.589. The smallest absolute Gasteiger partial charge is 0.270 e. The molecule has 4 rings (SSSR count). The summed E-state index contributed by atoms with van der Waals surface area (Å²) in [7, 11) is 1.67. The van der Waals surface area contributed by atoms with Gasteiger partial charge in [0.15, 0.2) is 5.76 Å². The average molecular weight is 433 g/mol. The van der Waals surface area contributed by atoms with Crippen LogP contribution in [0.2, 0.25) is 5.02 Å². The number of aliphatic hydroxyl groups is 1. The molecule has 0 saturated carbocycles. The summed E-state index contributed by atoms with van der Waals surface area (Å²) in [6.45, 7) is 2.61. The van der Waals surface area contributed by atoms with Crippen LogP contribution in [0.1, 0.15) is 28.7 Å². The Hall–Kier alpha value is -2.88. The number of ether oxygens (including phenoxy) is 2. The van der Waals surface area contributed by atoms with Crippen LogP contribution in [0.25, 0.3) is 11.3 Å². The number of aryl methyl sites for hydroxylation is 1. The van der Waals surface area contributed by atoms with E-state index in [4.69, 9.17) is 25.6 Å². The normalized spacial score (nSPS) is 14.9. The second kappa shape index (κ2) is 8.10. The van der Waals surface area contributed by atoms with Crippen molar-refractivity contribution in [2.24, 2.45) is 7.05 Å². The standard InChI is InChI=1S/C20H21ClN4O5/c1-20(10-28-11-20)22-19(27)15-7-17(23-25(15)2)29-9-14-16(8-26)30-24-18(14)12-3-5-13(21)6-4-12/h3-7,26H,8-11H2,1-2H3,(H,22,27). The Morgan fingerprint density at radius 2 is 2.10 bits per heavy atom. The second-order valence-electron chi connectivity index (χ2n) is 7.39. The number of aromatic nitrogens is 3. The van der Waals surface area contributed by atoms with Gasteiger partial charge in [-0.05, 0) is 19.1 Å². The van der Waals surface area contributed by atoms with E-state index in [1.165, 1.54) is 4.68 Å². The number of nitrogens with zero attached hydrogens (tertiary/aromatic N) is 3. The van der Waals surface area contributed by atoms with Crippen molar-refractivity contribution in [3.8, 4) is 17.1 Å². The van der Waals surface area contributed by atoms with Gasteiger partial charge in [-0.2, -0.15) is 0 Å². The van der Waals surface area contributed by atoms with Crippen molar-refractivity contribution in [3.05, 3.63) is 52.4 Å². The van der Waals surface area contributed by atoms with E-state index in [-0.39, 0.29) is 30.5 Å². The molecule has 1 aliphatic heterocycles. The summed E-state index contributed by atoms with van der Waals surface area (Å²) in [4.78, 5) is 12.5. The molecule has 3 aromatic rings. The second-order valence-corrected chi connectivity index (χ2v) is 7.82. The fraction of sp³-hybridized carbons (Fsp3) is 0.350. The van der Waals surface area contributed by atoms with Gasteiger partial charge in [0.25, 0.3) is 5.91 Å². The lowest BCUT2D eigenvalue weighted by atomic mass is 10.0. The van der Waals surface area contributed by atoms with E-state index in [0.717, 1.165) is 5.56 Å². The van der Waals surface area contributed by atoms with Crippen molar-refractivity contribution in [2.45, 2.75) is 25.7 Å². The number of hydrogen-bond acceptors (Lipinski definition) is 7. The Balaban J connectivity index is 1.50. The Morgan fingerprint density at radius 3 is 2.73 bits per heavy atom. The molecule has 1 amide bonds. The third kappa shape index (κ3) is 4.04. The van der Waals surface area contributed by atoms with Crippen LogP contribution in [0.4, 0.5) is 0 Å². The van der Waals surface area contributed by atoms with E-state index in [2.05, 4.69) is 15.6 Å². The maximum atomic E-state index is 12.5. The monoisotopic (exact) mass is 432 g/mol. The minimum Gasteiger partial charge on any atom is -0.471 e. The van der Waals surface area contributed by atoms with Crippen molar-refractivity contribution in [3.63, 3.8) is 0 Å². The third-order valence-corrected chi connectivity index (χ3v) is 5.09. The number of aliphatic hydroxyl groups excluding tert-OH is 1. The fourth-order valence-corrected chi connectivity index (χ4v) is 3.27. The molecular weight excluding hydrogens is 412 g/mol. The van der Waals surface area contributed by atoms with Gasteiger partial charge >= 0.3 is 0 Å². The fourth-order valence-electron chi connectivity index (χ4n) is 3.14. The molecule has 0 spiro atoms. The number of carbonyl (C=O) groups is 1. The van der Waals surface area contributed by atoms with Crippen LogP contribution in [0, 0.1) is 0 Å². The lowest BCUT2D eigenvalue weighted by Gasteiger charge is -2.38. The summed E-state index contributed by atoms with van der Waals surface area (Å²) in [5.74, 6) is 0.310. The van der Waals surface area contributed by atoms with Gasteiger partial charge in [0.2, 0.25) is 5.88 Å². The first-order valence-corrected chi connectivity index (χ1v) is 9.68. The van der Waals surface area contributed by atoms with E-state index in [1.54, 1.807) is 37.4 Å². The van der Waals surface area contributed by atoms with Gasteiger partial charge in [-0.15, -0.1) is 5.10 Å². The molecule has 3 heterocycles. The molecule has 2 aromatic heterocycles. The van der Waals surface area contributed by atoms with Crippen LogP contribution in [-0.2, 0) is 25.0 Å². The van der Waals surface area contributed by atoms with Crippen LogP contribution in [0.3, 0.4) is 0 Å². The van der Waals surface area contributed by atoms with Gasteiger partial charge in [0, 0.05) is 23.7 Å². The number of rotatable bonds is 7. The van der Waals surface area contributed by atoms with Gasteiger partial charge in [0.05, 0.1) is 24.3 Å². The summed E-state index contributed by atoms with van der Waals surface area (Å²) in [6, 6.07) is 8.65. The van der Waals surface area contributed by atoms with Crippen LogP contribution >= 0.6 is 11.6 Å². The Morgan fingerprint density at radius 1 is 1.37 bits per heavy atom. The highest BCUT2D eigenvalue weighted by Crippen LogP contribution is 2.28. The Kier molecular flexibility index (Phi) is 5.50. The molecule has 1 aliphatic rings. The van der Waals surface area contributed by atoms with Crippen LogP contribution in [-0.4, -0.2) is 44.7 Å². The average Bonchev–Trinajstić information content (AvgIpc) is 3.28. The maximum Gasteiger partial charge on any atom is 0.270 e. The number of halogens is 1. The number of benzene rings is 1. The summed E-state index contributed by atoms with van der Waals surface area (Å²) in [5, 5.41) is 21.4. The van der Waals surface area contributed by atoms with Gasteiger partial charge < -0.3 is 24.4 Å². The highest BCUT2D eigenvalue weighted by Gasteiger charge is 2.35. The van der Waals surface area contributed by atoms with Gasteiger partial charge in [-0.3, -0.25) is 9.48 Å². The van der Waals surface area contributed by atoms with Gasteiger partial charge in [-0.25, -0.2) is 0 Å². The summed E-state index contributed by atoms with van der Waals surface area (Å²) >= 11 is 5.95. The zero-order valence-corrected chi connectivity index (χ0v) is 17.3. The lowest BCUT2D eigenvalue weighted by molar-refractivity contribution is -0.0594. The first kappa shape index (κ1) is 20.4. The highest BCUT2D eigenvalue weighted by molar-refractivity contribution is 6.30. The number of nitrogens with one attached hydrogen (secondary N) is 1. The molecule has 1 aromatic carbocycles. The molecule has 0 radical (unpaired) electrons. The zero-order valence-electron chi connectivity index (χ0n) is 16.5. The van der Waals surface area contributed by atoms with Crippen molar-refractivity contribution in [2.75, 3.05) is 13.2 Å². The van der Waals surface area contributed by atoms with Crippen LogP contribution in [0.15, 0.2) is 34.9 Å². The molecule has 9 nitrogen and oxygen atoms in total. The number of carbonyl (C=O) groups excluding carboxylic acids is 1. The Labute approximate surface area is 177 Å². The van der Waals surface area contributed by atoms with Crippen molar-refractivity contribution < 1.29 is 23.9 Å². The lowest BCUT2D eigenvalue weighted by Crippen LogP contribution is -2.60. The molecule has 0 aliphatic carbocycles. The molecule has 2 N–H and O–H groups in total. The van der Waals surface area contributed by atoms with Crippen LogP contribution in [0.5, 0.6) is 5.88 Å². The third-order valence-electron chi connectivity index (χ3n) is 4.84. The molecule has 1 fully saturated rings. The molecule has 0 bridgehead atoms. The summed E-state index contributed by atoms with van der Waals surface area (Å²) in [5.41, 5.74) is 1.91. The molecule has 0 atom stereocenters. The van der Waals surface area contributed by atoms with E-state index >= 15 is 0 Å².